The lowest BCUT2D eigenvalue weighted by atomic mass is 9.86. The molecule has 37 heavy (non-hydrogen) atoms. The third-order valence-corrected chi connectivity index (χ3v) is 7.35. The van der Waals surface area contributed by atoms with Crippen LogP contribution in [0.25, 0.3) is 11.4 Å². The Kier molecular flexibility index (Phi) is 7.04. The Labute approximate surface area is 224 Å². The molecule has 1 aliphatic heterocycles. The summed E-state index contributed by atoms with van der Waals surface area (Å²) in [6.45, 7) is 4.74. The van der Waals surface area contributed by atoms with Gasteiger partial charge in [-0.3, -0.25) is 4.79 Å². The van der Waals surface area contributed by atoms with Gasteiger partial charge in [-0.1, -0.05) is 46.6 Å². The molecule has 4 aromatic rings. The molecule has 1 fully saturated rings. The molecule has 0 radical (unpaired) electrons. The number of amides is 1. The fourth-order valence-electron chi connectivity index (χ4n) is 4.67. The number of hydrogen-bond donors (Lipinski definition) is 1. The number of aromatic nitrogens is 3. The summed E-state index contributed by atoms with van der Waals surface area (Å²) in [7, 11) is 0. The van der Waals surface area contributed by atoms with E-state index in [1.165, 1.54) is 0 Å². The van der Waals surface area contributed by atoms with Crippen LogP contribution in [0, 0.1) is 12.8 Å². The molecule has 10 heteroatoms. The summed E-state index contributed by atoms with van der Waals surface area (Å²) in [5, 5.41) is 4.90. The first-order valence-corrected chi connectivity index (χ1v) is 12.6. The van der Waals surface area contributed by atoms with Crippen LogP contribution in [-0.2, 0) is 0 Å². The number of rotatable bonds is 6. The number of halogens is 2. The van der Waals surface area contributed by atoms with Crippen molar-refractivity contribution in [2.75, 3.05) is 18.8 Å². The molecule has 2 N–H and O–H groups in total. The van der Waals surface area contributed by atoms with Crippen molar-refractivity contribution >= 4 is 34.8 Å². The molecule has 8 nitrogen and oxygen atoms in total. The maximum Gasteiger partial charge on any atom is 0.253 e. The van der Waals surface area contributed by atoms with Crippen molar-refractivity contribution in [2.24, 2.45) is 5.92 Å². The number of nitrogens with zero attached hydrogens (tertiary/aromatic N) is 4. The molecule has 1 aliphatic rings. The van der Waals surface area contributed by atoms with E-state index in [4.69, 9.17) is 38.2 Å². The molecule has 0 saturated carbocycles. The number of likely N-dealkylation sites (tertiary alicyclic amines) is 1. The highest BCUT2D eigenvalue weighted by atomic mass is 35.5. The number of aryl methyl sites for hydroxylation is 1. The molecule has 1 amide bonds. The van der Waals surface area contributed by atoms with Crippen molar-refractivity contribution in [1.29, 1.82) is 0 Å². The highest BCUT2D eigenvalue weighted by Gasteiger charge is 2.40. The van der Waals surface area contributed by atoms with Crippen LogP contribution in [0.4, 0.5) is 5.69 Å². The van der Waals surface area contributed by atoms with Crippen LogP contribution in [0.1, 0.15) is 34.7 Å². The van der Waals surface area contributed by atoms with Gasteiger partial charge in [0.1, 0.15) is 6.10 Å². The minimum Gasteiger partial charge on any atom is -0.474 e. The van der Waals surface area contributed by atoms with E-state index < -0.39 is 0 Å². The van der Waals surface area contributed by atoms with Crippen LogP contribution in [0.5, 0.6) is 5.88 Å². The van der Waals surface area contributed by atoms with Gasteiger partial charge in [0.15, 0.2) is 0 Å². The number of ether oxygens (including phenoxy) is 1. The molecule has 2 aromatic heterocycles. The van der Waals surface area contributed by atoms with E-state index in [1.54, 1.807) is 43.5 Å². The molecule has 190 valence electrons. The fraction of sp³-hybridized carbons (Fsp3) is 0.259. The lowest BCUT2D eigenvalue weighted by Gasteiger charge is -2.25. The average molecular weight is 538 g/mol. The van der Waals surface area contributed by atoms with Gasteiger partial charge in [-0.05, 0) is 42.8 Å². The normalized spacial score (nSPS) is 18.1. The lowest BCUT2D eigenvalue weighted by Crippen LogP contribution is -2.32. The average Bonchev–Trinajstić information content (AvgIpc) is 3.54. The van der Waals surface area contributed by atoms with Gasteiger partial charge in [-0.15, -0.1) is 0 Å². The van der Waals surface area contributed by atoms with Gasteiger partial charge >= 0.3 is 0 Å². The van der Waals surface area contributed by atoms with E-state index in [1.807, 2.05) is 36.1 Å². The lowest BCUT2D eigenvalue weighted by molar-refractivity contribution is 0.0769. The van der Waals surface area contributed by atoms with Gasteiger partial charge in [0, 0.05) is 49.0 Å². The number of hydrogen-bond acceptors (Lipinski definition) is 7. The first-order valence-electron chi connectivity index (χ1n) is 11.8. The monoisotopic (exact) mass is 537 g/mol. The van der Waals surface area contributed by atoms with E-state index in [9.17, 15) is 4.79 Å². The van der Waals surface area contributed by atoms with Crippen LogP contribution >= 0.6 is 23.2 Å². The summed E-state index contributed by atoms with van der Waals surface area (Å²) >= 11 is 12.5. The quantitative estimate of drug-likeness (QED) is 0.338. The van der Waals surface area contributed by atoms with Crippen molar-refractivity contribution in [2.45, 2.75) is 25.9 Å². The van der Waals surface area contributed by atoms with Gasteiger partial charge in [0.05, 0.1) is 21.9 Å². The zero-order valence-electron chi connectivity index (χ0n) is 20.3. The maximum absolute atomic E-state index is 13.5. The first-order chi connectivity index (χ1) is 17.8. The van der Waals surface area contributed by atoms with Crippen LogP contribution in [0.15, 0.2) is 65.3 Å². The minimum absolute atomic E-state index is 0.0101. The molecular formula is C27H25Cl2N5O3. The highest BCUT2D eigenvalue weighted by Crippen LogP contribution is 2.39. The van der Waals surface area contributed by atoms with E-state index in [0.29, 0.717) is 52.0 Å². The number of pyridine rings is 1. The van der Waals surface area contributed by atoms with Crippen molar-refractivity contribution in [3.63, 3.8) is 0 Å². The summed E-state index contributed by atoms with van der Waals surface area (Å²) in [5.41, 5.74) is 8.67. The number of carbonyl (C=O) groups excluding carboxylic acids is 1. The summed E-state index contributed by atoms with van der Waals surface area (Å²) in [4.78, 5) is 23.9. The Bertz CT molecular complexity index is 1410. The molecule has 1 saturated heterocycles. The Morgan fingerprint density at radius 2 is 1.89 bits per heavy atom. The molecule has 3 heterocycles. The summed E-state index contributed by atoms with van der Waals surface area (Å²) < 4.78 is 11.2. The third-order valence-electron chi connectivity index (χ3n) is 6.61. The molecular weight excluding hydrogens is 513 g/mol. The molecule has 5 rings (SSSR count). The van der Waals surface area contributed by atoms with Gasteiger partial charge in [-0.25, -0.2) is 4.98 Å². The van der Waals surface area contributed by atoms with Crippen LogP contribution in [-0.4, -0.2) is 45.1 Å². The molecule has 0 unspecified atom stereocenters. The second-order valence-corrected chi connectivity index (χ2v) is 9.94. The molecule has 2 aromatic carbocycles. The van der Waals surface area contributed by atoms with Crippen molar-refractivity contribution in [3.8, 4) is 17.3 Å². The number of nitrogen functional groups attached to an aromatic ring is 1. The molecule has 0 aliphatic carbocycles. The van der Waals surface area contributed by atoms with Gasteiger partial charge in [0.2, 0.25) is 17.6 Å². The summed E-state index contributed by atoms with van der Waals surface area (Å²) in [5.74, 6) is 1.36. The van der Waals surface area contributed by atoms with Gasteiger partial charge in [-0.2, -0.15) is 4.98 Å². The smallest absolute Gasteiger partial charge is 0.253 e. The number of nitrogens with two attached hydrogens (primary N) is 1. The Morgan fingerprint density at radius 1 is 1.11 bits per heavy atom. The van der Waals surface area contributed by atoms with Crippen molar-refractivity contribution in [3.05, 3.63) is 87.9 Å². The number of anilines is 1. The summed E-state index contributed by atoms with van der Waals surface area (Å²) in [6, 6.07) is 16.3. The van der Waals surface area contributed by atoms with E-state index in [-0.39, 0.29) is 23.8 Å². The predicted molar refractivity (Wildman–Crippen MR) is 142 cm³/mol. The van der Waals surface area contributed by atoms with Gasteiger partial charge < -0.3 is 19.9 Å². The zero-order valence-corrected chi connectivity index (χ0v) is 21.8. The van der Waals surface area contributed by atoms with E-state index in [2.05, 4.69) is 15.1 Å². The molecule has 3 atom stereocenters. The third kappa shape index (κ3) is 5.40. The van der Waals surface area contributed by atoms with Crippen LogP contribution in [0.2, 0.25) is 10.0 Å². The maximum atomic E-state index is 13.5. The molecule has 0 spiro atoms. The topological polar surface area (TPSA) is 107 Å². The standard InChI is InChI=1S/C27H25Cl2N5O3/c1-15(36-25-10-8-20(30)12-31-25)21-13-34(14-22(21)19-7-9-23(28)24(29)11-19)27(35)18-5-3-17(4-6-18)26-32-16(2)37-33-26/h3-12,15,21-22H,13-14,30H2,1-2H3/t15-,21+,22+/m0/s1. The Hall–Kier alpha value is -3.62. The Balaban J connectivity index is 1.38. The summed E-state index contributed by atoms with van der Waals surface area (Å²) in [6.07, 6.45) is 1.32. The fourth-order valence-corrected chi connectivity index (χ4v) is 4.97. The van der Waals surface area contributed by atoms with Crippen LogP contribution in [0.3, 0.4) is 0 Å². The highest BCUT2D eigenvalue weighted by molar-refractivity contribution is 6.42. The number of carbonyl (C=O) groups is 1. The SMILES string of the molecule is Cc1nc(-c2ccc(C(=O)N3C[C@H]([C@H](C)Oc4ccc(N)cn4)[C@@H](c4ccc(Cl)c(Cl)c4)C3)cc2)no1. The van der Waals surface area contributed by atoms with E-state index >= 15 is 0 Å². The van der Waals surface area contributed by atoms with Crippen molar-refractivity contribution in [1.82, 2.24) is 20.0 Å². The number of benzene rings is 2. The largest absolute Gasteiger partial charge is 0.474 e. The predicted octanol–water partition coefficient (Wildman–Crippen LogP) is 5.65. The first kappa shape index (κ1) is 25.0. The minimum atomic E-state index is -0.239. The second kappa shape index (κ2) is 10.4. The Morgan fingerprint density at radius 3 is 2.54 bits per heavy atom. The molecule has 0 bridgehead atoms. The van der Waals surface area contributed by atoms with Crippen LogP contribution < -0.4 is 10.5 Å². The second-order valence-electron chi connectivity index (χ2n) is 9.12. The van der Waals surface area contributed by atoms with Crippen molar-refractivity contribution < 1.29 is 14.1 Å². The van der Waals surface area contributed by atoms with E-state index in [0.717, 1.165) is 11.1 Å². The van der Waals surface area contributed by atoms with Gasteiger partial charge in [0.25, 0.3) is 5.91 Å². The zero-order chi connectivity index (χ0) is 26.1.